The topological polar surface area (TPSA) is 76.3 Å². The molecule has 0 aliphatic carbocycles. The van der Waals surface area contributed by atoms with Crippen LogP contribution in [-0.2, 0) is 10.0 Å². The lowest BCUT2D eigenvalue weighted by molar-refractivity contribution is 0.307. The maximum Gasteiger partial charge on any atom is 0.257 e. The molecule has 2 aromatic rings. The van der Waals surface area contributed by atoms with Gasteiger partial charge in [-0.3, -0.25) is 0 Å². The Hall–Kier alpha value is -1.73. The van der Waals surface area contributed by atoms with Gasteiger partial charge in [-0.1, -0.05) is 22.9 Å². The standard InChI is InChI=1S/C16H21N3O3S/c1-3-23(20,21)19-10-8-13(9-11-19)15-17-16(22-18-15)14-6-4-12(2)5-7-14/h4-7,13H,3,8-11H2,1-2H3. The van der Waals surface area contributed by atoms with Crippen molar-refractivity contribution >= 4 is 10.0 Å². The summed E-state index contributed by atoms with van der Waals surface area (Å²) in [5.41, 5.74) is 2.08. The molecule has 1 aliphatic rings. The monoisotopic (exact) mass is 335 g/mol. The summed E-state index contributed by atoms with van der Waals surface area (Å²) in [4.78, 5) is 4.50. The van der Waals surface area contributed by atoms with Crippen molar-refractivity contribution in [3.8, 4) is 11.5 Å². The van der Waals surface area contributed by atoms with E-state index in [0.717, 1.165) is 18.4 Å². The molecule has 0 bridgehead atoms. The van der Waals surface area contributed by atoms with Crippen LogP contribution in [0.5, 0.6) is 0 Å². The second kappa shape index (κ2) is 6.41. The largest absolute Gasteiger partial charge is 0.334 e. The normalized spacial score (nSPS) is 17.5. The molecular formula is C16H21N3O3S. The van der Waals surface area contributed by atoms with Crippen LogP contribution in [-0.4, -0.2) is 41.7 Å². The highest BCUT2D eigenvalue weighted by Crippen LogP contribution is 2.29. The first-order chi connectivity index (χ1) is 11.0. The highest BCUT2D eigenvalue weighted by molar-refractivity contribution is 7.89. The van der Waals surface area contributed by atoms with E-state index in [1.165, 1.54) is 5.56 Å². The van der Waals surface area contributed by atoms with Crippen molar-refractivity contribution < 1.29 is 12.9 Å². The Morgan fingerprint density at radius 3 is 2.48 bits per heavy atom. The third-order valence-corrected chi connectivity index (χ3v) is 6.20. The Balaban J connectivity index is 1.69. The van der Waals surface area contributed by atoms with Crippen LogP contribution in [0.4, 0.5) is 0 Å². The van der Waals surface area contributed by atoms with Crippen molar-refractivity contribution in [3.63, 3.8) is 0 Å². The number of benzene rings is 1. The zero-order chi connectivity index (χ0) is 16.4. The molecule has 124 valence electrons. The zero-order valence-corrected chi connectivity index (χ0v) is 14.2. The van der Waals surface area contributed by atoms with Crippen LogP contribution >= 0.6 is 0 Å². The van der Waals surface area contributed by atoms with E-state index < -0.39 is 10.0 Å². The number of rotatable bonds is 4. The van der Waals surface area contributed by atoms with E-state index in [1.54, 1.807) is 11.2 Å². The van der Waals surface area contributed by atoms with Gasteiger partial charge in [-0.25, -0.2) is 12.7 Å². The maximum absolute atomic E-state index is 11.9. The molecular weight excluding hydrogens is 314 g/mol. The van der Waals surface area contributed by atoms with Crippen molar-refractivity contribution in [2.45, 2.75) is 32.6 Å². The van der Waals surface area contributed by atoms with Gasteiger partial charge in [-0.05, 0) is 38.8 Å². The first kappa shape index (κ1) is 16.1. The average molecular weight is 335 g/mol. The minimum absolute atomic E-state index is 0.150. The van der Waals surface area contributed by atoms with Crippen molar-refractivity contribution in [1.29, 1.82) is 0 Å². The number of hydrogen-bond acceptors (Lipinski definition) is 5. The van der Waals surface area contributed by atoms with E-state index in [0.29, 0.717) is 24.8 Å². The molecule has 3 rings (SSSR count). The molecule has 1 aromatic carbocycles. The molecule has 1 aromatic heterocycles. The van der Waals surface area contributed by atoms with Crippen LogP contribution in [0, 0.1) is 6.92 Å². The summed E-state index contributed by atoms with van der Waals surface area (Å²) in [5.74, 6) is 1.50. The Morgan fingerprint density at radius 2 is 1.87 bits per heavy atom. The third kappa shape index (κ3) is 3.45. The molecule has 7 heteroatoms. The second-order valence-corrected chi connectivity index (χ2v) is 8.16. The third-order valence-electron chi connectivity index (χ3n) is 4.32. The van der Waals surface area contributed by atoms with E-state index >= 15 is 0 Å². The summed E-state index contributed by atoms with van der Waals surface area (Å²) in [6.07, 6.45) is 1.46. The van der Waals surface area contributed by atoms with E-state index in [2.05, 4.69) is 10.1 Å². The van der Waals surface area contributed by atoms with Gasteiger partial charge in [0, 0.05) is 24.6 Å². The fourth-order valence-electron chi connectivity index (χ4n) is 2.79. The molecule has 0 spiro atoms. The van der Waals surface area contributed by atoms with Gasteiger partial charge >= 0.3 is 0 Å². The van der Waals surface area contributed by atoms with Crippen molar-refractivity contribution in [3.05, 3.63) is 35.7 Å². The molecule has 0 amide bonds. The van der Waals surface area contributed by atoms with E-state index in [9.17, 15) is 8.42 Å². The van der Waals surface area contributed by atoms with Gasteiger partial charge in [-0.2, -0.15) is 4.98 Å². The van der Waals surface area contributed by atoms with Crippen LogP contribution in [0.3, 0.4) is 0 Å². The highest BCUT2D eigenvalue weighted by Gasteiger charge is 2.29. The molecule has 0 unspecified atom stereocenters. The number of sulfonamides is 1. The lowest BCUT2D eigenvalue weighted by Crippen LogP contribution is -2.38. The van der Waals surface area contributed by atoms with Crippen LogP contribution in [0.1, 0.15) is 37.1 Å². The summed E-state index contributed by atoms with van der Waals surface area (Å²) in [5, 5.41) is 4.09. The summed E-state index contributed by atoms with van der Waals surface area (Å²) < 4.78 is 30.7. The predicted octanol–water partition coefficient (Wildman–Crippen LogP) is 2.57. The van der Waals surface area contributed by atoms with Crippen molar-refractivity contribution in [2.75, 3.05) is 18.8 Å². The van der Waals surface area contributed by atoms with Crippen molar-refractivity contribution in [2.24, 2.45) is 0 Å². The Kier molecular flexibility index (Phi) is 4.50. The first-order valence-electron chi connectivity index (χ1n) is 7.88. The molecule has 0 N–H and O–H groups in total. The number of piperidine rings is 1. The van der Waals surface area contributed by atoms with Crippen LogP contribution in [0.2, 0.25) is 0 Å². The van der Waals surface area contributed by atoms with E-state index in [1.807, 2.05) is 31.2 Å². The number of hydrogen-bond donors (Lipinski definition) is 0. The van der Waals surface area contributed by atoms with Crippen LogP contribution in [0.15, 0.2) is 28.8 Å². The average Bonchev–Trinajstić information content (AvgIpc) is 3.05. The minimum atomic E-state index is -3.10. The fourth-order valence-corrected chi connectivity index (χ4v) is 3.92. The SMILES string of the molecule is CCS(=O)(=O)N1CCC(c2noc(-c3ccc(C)cc3)n2)CC1. The summed E-state index contributed by atoms with van der Waals surface area (Å²) in [6.45, 7) is 4.75. The molecule has 1 fully saturated rings. The molecule has 0 atom stereocenters. The molecule has 6 nitrogen and oxygen atoms in total. The quantitative estimate of drug-likeness (QED) is 0.858. The highest BCUT2D eigenvalue weighted by atomic mass is 32.2. The number of nitrogens with zero attached hydrogens (tertiary/aromatic N) is 3. The summed E-state index contributed by atoms with van der Waals surface area (Å²) in [6, 6.07) is 7.94. The number of aryl methyl sites for hydroxylation is 1. The van der Waals surface area contributed by atoms with Crippen LogP contribution in [0.25, 0.3) is 11.5 Å². The Bertz CT molecular complexity index is 760. The summed E-state index contributed by atoms with van der Waals surface area (Å²) in [7, 11) is -3.10. The minimum Gasteiger partial charge on any atom is -0.334 e. The second-order valence-electron chi connectivity index (χ2n) is 5.90. The van der Waals surface area contributed by atoms with Crippen molar-refractivity contribution in [1.82, 2.24) is 14.4 Å². The zero-order valence-electron chi connectivity index (χ0n) is 13.4. The number of aromatic nitrogens is 2. The van der Waals surface area contributed by atoms with Gasteiger partial charge in [0.25, 0.3) is 5.89 Å². The Morgan fingerprint density at radius 1 is 1.22 bits per heavy atom. The maximum atomic E-state index is 11.9. The molecule has 0 radical (unpaired) electrons. The van der Waals surface area contributed by atoms with Crippen LogP contribution < -0.4 is 0 Å². The molecule has 0 saturated carbocycles. The van der Waals surface area contributed by atoms with Gasteiger partial charge in [0.1, 0.15) is 0 Å². The Labute approximate surface area is 136 Å². The van der Waals surface area contributed by atoms with E-state index in [-0.39, 0.29) is 11.7 Å². The molecule has 1 aliphatic heterocycles. The van der Waals surface area contributed by atoms with Gasteiger partial charge < -0.3 is 4.52 Å². The summed E-state index contributed by atoms with van der Waals surface area (Å²) >= 11 is 0. The van der Waals surface area contributed by atoms with E-state index in [4.69, 9.17) is 4.52 Å². The van der Waals surface area contributed by atoms with Gasteiger partial charge in [0.2, 0.25) is 10.0 Å². The fraction of sp³-hybridized carbons (Fsp3) is 0.500. The van der Waals surface area contributed by atoms with Gasteiger partial charge in [0.05, 0.1) is 5.75 Å². The lowest BCUT2D eigenvalue weighted by atomic mass is 9.97. The lowest BCUT2D eigenvalue weighted by Gasteiger charge is -2.29. The smallest absolute Gasteiger partial charge is 0.257 e. The molecule has 2 heterocycles. The first-order valence-corrected chi connectivity index (χ1v) is 9.49. The molecule has 23 heavy (non-hydrogen) atoms. The van der Waals surface area contributed by atoms with Gasteiger partial charge in [0.15, 0.2) is 5.82 Å². The van der Waals surface area contributed by atoms with Gasteiger partial charge in [-0.15, -0.1) is 0 Å². The molecule has 1 saturated heterocycles. The predicted molar refractivity (Wildman–Crippen MR) is 87.5 cm³/mol.